The molecule has 0 saturated carbocycles. The van der Waals surface area contributed by atoms with E-state index in [2.05, 4.69) is 15.1 Å². The molecule has 3 N–H and O–H groups in total. The van der Waals surface area contributed by atoms with E-state index >= 15 is 4.39 Å². The molecular weight excluding hydrogens is 547 g/mol. The van der Waals surface area contributed by atoms with E-state index in [0.29, 0.717) is 57.3 Å². The van der Waals surface area contributed by atoms with Gasteiger partial charge in [0.25, 0.3) is 0 Å². The van der Waals surface area contributed by atoms with Crippen molar-refractivity contribution in [1.82, 2.24) is 9.97 Å². The zero-order valence-electron chi connectivity index (χ0n) is 23.7. The monoisotopic (exact) mass is 584 g/mol. The lowest BCUT2D eigenvalue weighted by Crippen LogP contribution is -2.48. The first-order chi connectivity index (χ1) is 20.3. The number of halogens is 1. The molecule has 1 aromatic carbocycles. The average Bonchev–Trinajstić information content (AvgIpc) is 2.95. The number of anilines is 1. The zero-order chi connectivity index (χ0) is 29.9. The Labute approximate surface area is 243 Å². The number of ether oxygens (including phenoxy) is 3. The van der Waals surface area contributed by atoms with Crippen molar-refractivity contribution in [3.05, 3.63) is 42.0 Å². The summed E-state index contributed by atoms with van der Waals surface area (Å²) < 4.78 is 31.6. The zero-order valence-corrected chi connectivity index (χ0v) is 23.7. The van der Waals surface area contributed by atoms with Crippen molar-refractivity contribution < 1.29 is 33.0 Å². The molecule has 2 aliphatic heterocycles. The standard InChI is InChI=1S/C29H37FN6O6/c1-19(37)8-9-20(16-41-27-7-2-3-10-39-27)17-42-35-23-14-36(15-23)29-33-12-22(13-34-29)24-6-4-5-21(28(24)30)18-40-26(38)11-25(31)32/h4-6,12-13,20,27H,2-3,7-11,14-18H2,1H3,(H3,31,32). The maximum atomic E-state index is 15.1. The number of nitrogens with one attached hydrogen (secondary N) is 1. The highest BCUT2D eigenvalue weighted by Crippen LogP contribution is 2.26. The first-order valence-corrected chi connectivity index (χ1v) is 14.0. The molecule has 2 atom stereocenters. The topological polar surface area (TPSA) is 162 Å². The Morgan fingerprint density at radius 2 is 2.02 bits per heavy atom. The molecule has 42 heavy (non-hydrogen) atoms. The highest BCUT2D eigenvalue weighted by Gasteiger charge is 2.26. The minimum atomic E-state index is -0.700. The molecular formula is C29H37FN6O6. The van der Waals surface area contributed by atoms with Crippen molar-refractivity contribution >= 4 is 29.2 Å². The number of oxime groups is 1. The van der Waals surface area contributed by atoms with E-state index in [9.17, 15) is 9.59 Å². The average molecular weight is 585 g/mol. The molecule has 2 unspecified atom stereocenters. The molecule has 0 bridgehead atoms. The lowest BCUT2D eigenvalue weighted by Gasteiger charge is -2.32. The summed E-state index contributed by atoms with van der Waals surface area (Å²) in [7, 11) is 0. The van der Waals surface area contributed by atoms with Crippen LogP contribution in [0.1, 0.15) is 51.0 Å². The third-order valence-electron chi connectivity index (χ3n) is 6.85. The first kappa shape index (κ1) is 31.0. The van der Waals surface area contributed by atoms with Gasteiger partial charge in [-0.15, -0.1) is 0 Å². The van der Waals surface area contributed by atoms with Crippen LogP contribution in [-0.2, 0) is 35.2 Å². The number of hydrogen-bond acceptors (Lipinski definition) is 11. The van der Waals surface area contributed by atoms with E-state index in [4.69, 9.17) is 30.2 Å². The molecule has 2 aliphatic rings. The summed E-state index contributed by atoms with van der Waals surface area (Å²) in [4.78, 5) is 39.4. The fraction of sp³-hybridized carbons (Fsp3) is 0.517. The summed E-state index contributed by atoms with van der Waals surface area (Å²) in [5, 5.41) is 11.4. The minimum Gasteiger partial charge on any atom is -0.460 e. The second kappa shape index (κ2) is 15.3. The van der Waals surface area contributed by atoms with Gasteiger partial charge in [-0.1, -0.05) is 23.4 Å². The molecule has 0 spiro atoms. The Morgan fingerprint density at radius 3 is 2.71 bits per heavy atom. The van der Waals surface area contributed by atoms with Gasteiger partial charge in [0.15, 0.2) is 6.29 Å². The van der Waals surface area contributed by atoms with Crippen molar-refractivity contribution in [2.45, 2.75) is 58.3 Å². The largest absolute Gasteiger partial charge is 0.460 e. The summed E-state index contributed by atoms with van der Waals surface area (Å²) in [6.45, 7) is 3.80. The van der Waals surface area contributed by atoms with Crippen LogP contribution in [0.2, 0.25) is 0 Å². The second-order valence-electron chi connectivity index (χ2n) is 10.5. The quantitative estimate of drug-likeness (QED) is 0.137. The summed E-state index contributed by atoms with van der Waals surface area (Å²) in [5.41, 5.74) is 6.97. The number of esters is 1. The number of hydrogen-bond donors (Lipinski definition) is 2. The summed E-state index contributed by atoms with van der Waals surface area (Å²) in [6, 6.07) is 4.76. The van der Waals surface area contributed by atoms with Crippen LogP contribution in [0.5, 0.6) is 0 Å². The molecule has 226 valence electrons. The van der Waals surface area contributed by atoms with Crippen molar-refractivity contribution in [3.63, 3.8) is 0 Å². The normalized spacial score (nSPS) is 17.2. The van der Waals surface area contributed by atoms with Crippen molar-refractivity contribution in [1.29, 1.82) is 5.41 Å². The Kier molecular flexibility index (Phi) is 11.3. The van der Waals surface area contributed by atoms with E-state index in [1.807, 2.05) is 4.90 Å². The summed E-state index contributed by atoms with van der Waals surface area (Å²) >= 11 is 0. The van der Waals surface area contributed by atoms with Crippen LogP contribution in [0.15, 0.2) is 35.7 Å². The number of nitrogens with zero attached hydrogens (tertiary/aromatic N) is 4. The highest BCUT2D eigenvalue weighted by molar-refractivity contribution is 5.98. The second-order valence-corrected chi connectivity index (χ2v) is 10.5. The number of carbonyl (C=O) groups is 2. The Morgan fingerprint density at radius 1 is 1.24 bits per heavy atom. The van der Waals surface area contributed by atoms with Crippen LogP contribution in [0, 0.1) is 17.1 Å². The Balaban J connectivity index is 1.25. The number of Topliss-reactive ketones (excluding diaryl/α,β-unsaturated/α-hetero) is 1. The van der Waals surface area contributed by atoms with Gasteiger partial charge >= 0.3 is 5.97 Å². The van der Waals surface area contributed by atoms with Gasteiger partial charge in [-0.05, 0) is 32.6 Å². The van der Waals surface area contributed by atoms with E-state index in [-0.39, 0.29) is 48.0 Å². The number of nitrogens with two attached hydrogens (primary N) is 1. The van der Waals surface area contributed by atoms with E-state index in [1.54, 1.807) is 19.1 Å². The molecule has 1 aromatic heterocycles. The Bertz CT molecular complexity index is 1260. The van der Waals surface area contributed by atoms with Gasteiger partial charge < -0.3 is 34.5 Å². The lowest BCUT2D eigenvalue weighted by molar-refractivity contribution is -0.172. The molecule has 0 radical (unpaired) electrons. The van der Waals surface area contributed by atoms with Crippen LogP contribution in [-0.4, -0.2) is 72.5 Å². The predicted molar refractivity (Wildman–Crippen MR) is 152 cm³/mol. The highest BCUT2D eigenvalue weighted by atomic mass is 19.1. The minimum absolute atomic E-state index is 0.0299. The molecule has 13 heteroatoms. The van der Waals surface area contributed by atoms with Crippen LogP contribution in [0.3, 0.4) is 0 Å². The molecule has 2 saturated heterocycles. The van der Waals surface area contributed by atoms with Crippen LogP contribution >= 0.6 is 0 Å². The SMILES string of the molecule is CC(=O)CCC(CON=C1CN(c2ncc(-c3cccc(COC(=O)CC(=N)N)c3F)cn2)C1)COC1CCCCO1. The third kappa shape index (κ3) is 9.28. The summed E-state index contributed by atoms with van der Waals surface area (Å²) in [5.74, 6) is -0.925. The number of carbonyl (C=O) groups excluding carboxylic acids is 2. The number of rotatable bonds is 15. The van der Waals surface area contributed by atoms with Gasteiger partial charge in [0.05, 0.1) is 25.4 Å². The first-order valence-electron chi connectivity index (χ1n) is 14.0. The summed E-state index contributed by atoms with van der Waals surface area (Å²) in [6.07, 6.45) is 6.67. The molecule has 0 amide bonds. The van der Waals surface area contributed by atoms with Gasteiger partial charge in [-0.2, -0.15) is 0 Å². The van der Waals surface area contributed by atoms with Gasteiger partial charge in [0, 0.05) is 48.0 Å². The maximum Gasteiger partial charge on any atom is 0.313 e. The fourth-order valence-corrected chi connectivity index (χ4v) is 4.44. The van der Waals surface area contributed by atoms with Gasteiger partial charge in [-0.25, -0.2) is 14.4 Å². The number of amidine groups is 1. The van der Waals surface area contributed by atoms with E-state index < -0.39 is 11.8 Å². The van der Waals surface area contributed by atoms with Gasteiger partial charge in [0.2, 0.25) is 5.95 Å². The van der Waals surface area contributed by atoms with Crippen LogP contribution in [0.4, 0.5) is 10.3 Å². The number of ketones is 1. The third-order valence-corrected chi connectivity index (χ3v) is 6.85. The van der Waals surface area contributed by atoms with Gasteiger partial charge in [0.1, 0.15) is 37.1 Å². The number of aromatic nitrogens is 2. The van der Waals surface area contributed by atoms with E-state index in [1.165, 1.54) is 18.5 Å². The molecule has 3 heterocycles. The number of benzene rings is 1. The van der Waals surface area contributed by atoms with Crippen LogP contribution in [0.25, 0.3) is 11.1 Å². The molecule has 4 rings (SSSR count). The fourth-order valence-electron chi connectivity index (χ4n) is 4.44. The van der Waals surface area contributed by atoms with Crippen molar-refractivity contribution in [3.8, 4) is 11.1 Å². The predicted octanol–water partition coefficient (Wildman–Crippen LogP) is 3.37. The lowest BCUT2D eigenvalue weighted by atomic mass is 10.0. The van der Waals surface area contributed by atoms with E-state index in [0.717, 1.165) is 25.0 Å². The Hall–Kier alpha value is -3.97. The molecule has 12 nitrogen and oxygen atoms in total. The van der Waals surface area contributed by atoms with Gasteiger partial charge in [-0.3, -0.25) is 10.2 Å². The van der Waals surface area contributed by atoms with Crippen LogP contribution < -0.4 is 10.6 Å². The maximum absolute atomic E-state index is 15.1. The molecule has 2 aromatic rings. The molecule has 0 aliphatic carbocycles. The van der Waals surface area contributed by atoms with Crippen molar-refractivity contribution in [2.24, 2.45) is 16.8 Å². The molecule has 2 fully saturated rings. The smallest absolute Gasteiger partial charge is 0.313 e. The van der Waals surface area contributed by atoms with Crippen molar-refractivity contribution in [2.75, 3.05) is 37.8 Å².